The van der Waals surface area contributed by atoms with Gasteiger partial charge in [-0.1, -0.05) is 0 Å². The second kappa shape index (κ2) is 6.62. The quantitative estimate of drug-likeness (QED) is 0.692. The van der Waals surface area contributed by atoms with Gasteiger partial charge < -0.3 is 5.32 Å². The summed E-state index contributed by atoms with van der Waals surface area (Å²) in [4.78, 5) is 12.4. The average molecular weight is 363 g/mol. The topological polar surface area (TPSA) is 46.9 Å². The highest BCUT2D eigenvalue weighted by atomic mass is 19.4. The first kappa shape index (κ1) is 17.7. The number of anilines is 1. The monoisotopic (exact) mass is 363 g/mol. The molecule has 8 heteroatoms. The van der Waals surface area contributed by atoms with E-state index in [0.717, 1.165) is 12.1 Å². The van der Waals surface area contributed by atoms with Crippen molar-refractivity contribution in [3.05, 3.63) is 77.4 Å². The first-order chi connectivity index (χ1) is 12.3. The highest BCUT2D eigenvalue weighted by Crippen LogP contribution is 2.30. The zero-order valence-corrected chi connectivity index (χ0v) is 13.5. The predicted octanol–water partition coefficient (Wildman–Crippen LogP) is 4.59. The van der Waals surface area contributed by atoms with Crippen LogP contribution < -0.4 is 5.32 Å². The molecule has 0 aliphatic heterocycles. The summed E-state index contributed by atoms with van der Waals surface area (Å²) in [6.07, 6.45) is -3.09. The molecule has 4 nitrogen and oxygen atoms in total. The molecule has 0 unspecified atom stereocenters. The summed E-state index contributed by atoms with van der Waals surface area (Å²) in [7, 11) is 0. The number of nitrogens with one attached hydrogen (secondary N) is 1. The van der Waals surface area contributed by atoms with Gasteiger partial charge in [0.25, 0.3) is 5.91 Å². The zero-order chi connectivity index (χ0) is 18.9. The van der Waals surface area contributed by atoms with Crippen molar-refractivity contribution in [3.63, 3.8) is 0 Å². The maximum Gasteiger partial charge on any atom is 0.416 e. The van der Waals surface area contributed by atoms with Gasteiger partial charge in [0.2, 0.25) is 0 Å². The molecular formula is C18H13F4N3O. The second-order valence-corrected chi connectivity index (χ2v) is 5.56. The molecule has 134 valence electrons. The van der Waals surface area contributed by atoms with Crippen LogP contribution in [0.15, 0.2) is 54.7 Å². The van der Waals surface area contributed by atoms with E-state index >= 15 is 0 Å². The minimum Gasteiger partial charge on any atom is -0.322 e. The molecule has 0 spiro atoms. The molecule has 0 aliphatic carbocycles. The Morgan fingerprint density at radius 3 is 2.23 bits per heavy atom. The first-order valence-electron chi connectivity index (χ1n) is 7.55. The normalized spacial score (nSPS) is 11.4. The minimum atomic E-state index is -4.44. The summed E-state index contributed by atoms with van der Waals surface area (Å²) >= 11 is 0. The van der Waals surface area contributed by atoms with E-state index in [9.17, 15) is 22.4 Å². The molecule has 3 rings (SSSR count). The van der Waals surface area contributed by atoms with E-state index in [1.54, 1.807) is 6.92 Å². The van der Waals surface area contributed by atoms with Crippen molar-refractivity contribution >= 4 is 11.6 Å². The number of halogens is 4. The molecule has 26 heavy (non-hydrogen) atoms. The van der Waals surface area contributed by atoms with Crippen LogP contribution in [0.1, 0.15) is 21.6 Å². The number of nitrogens with zero attached hydrogens (tertiary/aromatic N) is 2. The van der Waals surface area contributed by atoms with Gasteiger partial charge in [-0.05, 0) is 55.5 Å². The summed E-state index contributed by atoms with van der Waals surface area (Å²) < 4.78 is 52.2. The molecule has 2 aromatic carbocycles. The Morgan fingerprint density at radius 2 is 1.65 bits per heavy atom. The molecule has 0 radical (unpaired) electrons. The Kier molecular flexibility index (Phi) is 4.50. The summed E-state index contributed by atoms with van der Waals surface area (Å²) in [5, 5.41) is 6.64. The summed E-state index contributed by atoms with van der Waals surface area (Å²) in [6.45, 7) is 1.66. The number of rotatable bonds is 3. The molecule has 0 saturated carbocycles. The van der Waals surface area contributed by atoms with E-state index in [2.05, 4.69) is 10.4 Å². The Labute approximate surface area is 146 Å². The highest BCUT2D eigenvalue weighted by molar-refractivity contribution is 6.05. The van der Waals surface area contributed by atoms with Gasteiger partial charge in [0.05, 0.1) is 28.7 Å². The second-order valence-electron chi connectivity index (χ2n) is 5.56. The van der Waals surface area contributed by atoms with Gasteiger partial charge in [0.1, 0.15) is 5.82 Å². The Balaban J connectivity index is 1.79. The third-order valence-corrected chi connectivity index (χ3v) is 3.80. The van der Waals surface area contributed by atoms with Gasteiger partial charge >= 0.3 is 6.18 Å². The first-order valence-corrected chi connectivity index (χ1v) is 7.55. The van der Waals surface area contributed by atoms with Crippen molar-refractivity contribution in [1.82, 2.24) is 9.78 Å². The van der Waals surface area contributed by atoms with Crippen LogP contribution in [0.5, 0.6) is 0 Å². The SMILES string of the molecule is Cc1c(C(=O)Nc2ccc(C(F)(F)F)cc2)cnn1-c1ccc(F)cc1. The van der Waals surface area contributed by atoms with E-state index in [0.29, 0.717) is 11.4 Å². The Morgan fingerprint density at radius 1 is 1.04 bits per heavy atom. The summed E-state index contributed by atoms with van der Waals surface area (Å²) in [5.74, 6) is -0.894. The molecule has 1 aromatic heterocycles. The van der Waals surface area contributed by atoms with E-state index in [4.69, 9.17) is 0 Å². The molecule has 0 atom stereocenters. The third kappa shape index (κ3) is 3.58. The molecule has 1 heterocycles. The lowest BCUT2D eigenvalue weighted by atomic mass is 10.2. The van der Waals surface area contributed by atoms with E-state index in [1.807, 2.05) is 0 Å². The number of benzene rings is 2. The fourth-order valence-electron chi connectivity index (χ4n) is 2.42. The number of carbonyl (C=O) groups excluding carboxylic acids is 1. The number of hydrogen-bond acceptors (Lipinski definition) is 2. The smallest absolute Gasteiger partial charge is 0.322 e. The van der Waals surface area contributed by atoms with E-state index < -0.39 is 17.6 Å². The average Bonchev–Trinajstić information content (AvgIpc) is 2.97. The van der Waals surface area contributed by atoms with Crippen LogP contribution in [0.25, 0.3) is 5.69 Å². The van der Waals surface area contributed by atoms with Gasteiger partial charge in [-0.25, -0.2) is 9.07 Å². The Bertz CT molecular complexity index is 929. The number of amides is 1. The van der Waals surface area contributed by atoms with E-state index in [1.165, 1.54) is 47.3 Å². The third-order valence-electron chi connectivity index (χ3n) is 3.80. The molecular weight excluding hydrogens is 350 g/mol. The molecule has 0 fully saturated rings. The maximum absolute atomic E-state index is 13.0. The van der Waals surface area contributed by atoms with Gasteiger partial charge in [0.15, 0.2) is 0 Å². The highest BCUT2D eigenvalue weighted by Gasteiger charge is 2.30. The number of alkyl halides is 3. The molecule has 0 aliphatic rings. The van der Waals surface area contributed by atoms with Crippen LogP contribution in [-0.4, -0.2) is 15.7 Å². The van der Waals surface area contributed by atoms with Crippen molar-refractivity contribution in [2.45, 2.75) is 13.1 Å². The van der Waals surface area contributed by atoms with Crippen molar-refractivity contribution in [3.8, 4) is 5.69 Å². The summed E-state index contributed by atoms with van der Waals surface area (Å²) in [6, 6.07) is 9.74. The zero-order valence-electron chi connectivity index (χ0n) is 13.5. The van der Waals surface area contributed by atoms with Crippen LogP contribution in [0.2, 0.25) is 0 Å². The lowest BCUT2D eigenvalue weighted by Crippen LogP contribution is -2.13. The minimum absolute atomic E-state index is 0.233. The van der Waals surface area contributed by atoms with Crippen LogP contribution in [0.3, 0.4) is 0 Å². The van der Waals surface area contributed by atoms with Crippen LogP contribution >= 0.6 is 0 Å². The van der Waals surface area contributed by atoms with Gasteiger partial charge in [-0.2, -0.15) is 18.3 Å². The fraction of sp³-hybridized carbons (Fsp3) is 0.111. The van der Waals surface area contributed by atoms with Crippen molar-refractivity contribution < 1.29 is 22.4 Å². The van der Waals surface area contributed by atoms with Crippen molar-refractivity contribution in [2.75, 3.05) is 5.32 Å². The van der Waals surface area contributed by atoms with Crippen LogP contribution in [-0.2, 0) is 6.18 Å². The molecule has 1 N–H and O–H groups in total. The van der Waals surface area contributed by atoms with Crippen LogP contribution in [0, 0.1) is 12.7 Å². The molecule has 3 aromatic rings. The number of aromatic nitrogens is 2. The maximum atomic E-state index is 13.0. The molecule has 1 amide bonds. The lowest BCUT2D eigenvalue weighted by Gasteiger charge is -2.09. The summed E-state index contributed by atoms with van der Waals surface area (Å²) in [5.41, 5.74) is 0.792. The van der Waals surface area contributed by atoms with E-state index in [-0.39, 0.29) is 17.1 Å². The largest absolute Gasteiger partial charge is 0.416 e. The van der Waals surface area contributed by atoms with Gasteiger partial charge in [-0.15, -0.1) is 0 Å². The predicted molar refractivity (Wildman–Crippen MR) is 87.7 cm³/mol. The van der Waals surface area contributed by atoms with Crippen molar-refractivity contribution in [2.24, 2.45) is 0 Å². The van der Waals surface area contributed by atoms with Crippen molar-refractivity contribution in [1.29, 1.82) is 0 Å². The molecule has 0 saturated heterocycles. The van der Waals surface area contributed by atoms with Gasteiger partial charge in [0, 0.05) is 5.69 Å². The standard InChI is InChI=1S/C18H13F4N3O/c1-11-16(10-23-25(11)15-8-4-13(19)5-9-15)17(26)24-14-6-2-12(3-7-14)18(20,21)22/h2-10H,1H3,(H,24,26). The molecule has 0 bridgehead atoms. The van der Waals surface area contributed by atoms with Crippen LogP contribution in [0.4, 0.5) is 23.2 Å². The lowest BCUT2D eigenvalue weighted by molar-refractivity contribution is -0.137. The number of carbonyl (C=O) groups is 1. The Hall–Kier alpha value is -3.16. The number of hydrogen-bond donors (Lipinski definition) is 1. The fourth-order valence-corrected chi connectivity index (χ4v) is 2.42. The van der Waals surface area contributed by atoms with Gasteiger partial charge in [-0.3, -0.25) is 4.79 Å².